The lowest BCUT2D eigenvalue weighted by molar-refractivity contribution is 0.102. The summed E-state index contributed by atoms with van der Waals surface area (Å²) in [6.07, 6.45) is 0.927. The van der Waals surface area contributed by atoms with Gasteiger partial charge in [-0.05, 0) is 62.2 Å². The number of amides is 1. The van der Waals surface area contributed by atoms with Gasteiger partial charge in [0, 0.05) is 17.0 Å². The van der Waals surface area contributed by atoms with E-state index in [4.69, 9.17) is 10.5 Å². The van der Waals surface area contributed by atoms with Gasteiger partial charge in [-0.25, -0.2) is 0 Å². The molecule has 1 atom stereocenters. The Kier molecular flexibility index (Phi) is 5.52. The number of anilines is 1. The summed E-state index contributed by atoms with van der Waals surface area (Å²) in [7, 11) is 0. The fourth-order valence-corrected chi connectivity index (χ4v) is 3.85. The van der Waals surface area contributed by atoms with E-state index in [-0.39, 0.29) is 11.4 Å². The van der Waals surface area contributed by atoms with E-state index in [2.05, 4.69) is 17.2 Å². The van der Waals surface area contributed by atoms with Gasteiger partial charge in [-0.15, -0.1) is 0 Å². The smallest absolute Gasteiger partial charge is 0.255 e. The molecule has 2 aromatic carbocycles. The first kappa shape index (κ1) is 18.3. The van der Waals surface area contributed by atoms with Crippen LogP contribution >= 0.6 is 11.8 Å². The zero-order valence-corrected chi connectivity index (χ0v) is 15.8. The van der Waals surface area contributed by atoms with Crippen molar-refractivity contribution >= 4 is 28.5 Å². The minimum atomic E-state index is -0.320. The number of aliphatic imine (C=N–C) groups is 1. The molecule has 0 fully saturated rings. The minimum Gasteiger partial charge on any atom is -0.494 e. The van der Waals surface area contributed by atoms with E-state index >= 15 is 0 Å². The van der Waals surface area contributed by atoms with Crippen LogP contribution in [0.5, 0.6) is 5.75 Å². The predicted octanol–water partition coefficient (Wildman–Crippen LogP) is 4.00. The number of hydrogen-bond donors (Lipinski definition) is 2. The lowest BCUT2D eigenvalue weighted by Gasteiger charge is -2.29. The summed E-state index contributed by atoms with van der Waals surface area (Å²) in [6, 6.07) is 14.9. The average molecular weight is 369 g/mol. The number of carbonyl (C=O) groups excluding carboxylic acids is 1. The van der Waals surface area contributed by atoms with Crippen LogP contribution in [-0.2, 0) is 5.54 Å². The summed E-state index contributed by atoms with van der Waals surface area (Å²) in [5.41, 5.74) is 7.97. The van der Waals surface area contributed by atoms with E-state index in [9.17, 15) is 4.79 Å². The summed E-state index contributed by atoms with van der Waals surface area (Å²) >= 11 is 1.58. The second-order valence-electron chi connectivity index (χ2n) is 6.31. The molecule has 136 valence electrons. The Morgan fingerprint density at radius 2 is 1.92 bits per heavy atom. The van der Waals surface area contributed by atoms with Gasteiger partial charge in [-0.1, -0.05) is 23.9 Å². The Morgan fingerprint density at radius 3 is 2.54 bits per heavy atom. The van der Waals surface area contributed by atoms with Crippen LogP contribution < -0.4 is 15.8 Å². The van der Waals surface area contributed by atoms with Crippen LogP contribution in [0.1, 0.15) is 36.2 Å². The third-order valence-electron chi connectivity index (χ3n) is 4.39. The fourth-order valence-electron chi connectivity index (χ4n) is 2.88. The predicted molar refractivity (Wildman–Crippen MR) is 108 cm³/mol. The second-order valence-corrected chi connectivity index (χ2v) is 7.43. The Balaban J connectivity index is 1.70. The number of hydrogen-bond acceptors (Lipinski definition) is 5. The van der Waals surface area contributed by atoms with Gasteiger partial charge in [0.1, 0.15) is 5.75 Å². The largest absolute Gasteiger partial charge is 0.494 e. The molecule has 1 aliphatic rings. The van der Waals surface area contributed by atoms with Crippen molar-refractivity contribution in [3.05, 3.63) is 59.7 Å². The van der Waals surface area contributed by atoms with Crippen LogP contribution in [-0.4, -0.2) is 23.4 Å². The summed E-state index contributed by atoms with van der Waals surface area (Å²) < 4.78 is 5.40. The Hall–Kier alpha value is -2.47. The molecule has 3 N–H and O–H groups in total. The van der Waals surface area contributed by atoms with Gasteiger partial charge < -0.3 is 15.8 Å². The Morgan fingerprint density at radius 1 is 1.23 bits per heavy atom. The van der Waals surface area contributed by atoms with Crippen molar-refractivity contribution in [3.63, 3.8) is 0 Å². The van der Waals surface area contributed by atoms with E-state index in [0.29, 0.717) is 17.3 Å². The minimum absolute atomic E-state index is 0.145. The number of thioether (sulfide) groups is 1. The maximum absolute atomic E-state index is 12.5. The molecule has 0 saturated carbocycles. The van der Waals surface area contributed by atoms with Crippen LogP contribution in [0.25, 0.3) is 0 Å². The van der Waals surface area contributed by atoms with Crippen LogP contribution in [0.3, 0.4) is 0 Å². The SMILES string of the molecule is CCOc1ccc(NC(=O)c2ccc(C3(C)CCSC(N)=N3)cc2)cc1. The molecule has 0 aliphatic carbocycles. The number of benzene rings is 2. The van der Waals surface area contributed by atoms with Crippen LogP contribution in [0.4, 0.5) is 5.69 Å². The highest BCUT2D eigenvalue weighted by Gasteiger charge is 2.29. The lowest BCUT2D eigenvalue weighted by atomic mass is 9.89. The monoisotopic (exact) mass is 369 g/mol. The van der Waals surface area contributed by atoms with Crippen LogP contribution in [0, 0.1) is 0 Å². The van der Waals surface area contributed by atoms with E-state index < -0.39 is 0 Å². The Bertz CT molecular complexity index is 803. The van der Waals surface area contributed by atoms with Gasteiger partial charge in [0.05, 0.1) is 12.1 Å². The molecule has 1 amide bonds. The molecule has 0 aromatic heterocycles. The fraction of sp³-hybridized carbons (Fsp3) is 0.300. The molecule has 0 saturated heterocycles. The normalized spacial score (nSPS) is 19.5. The van der Waals surface area contributed by atoms with Crippen molar-refractivity contribution in [2.75, 3.05) is 17.7 Å². The number of rotatable bonds is 5. The lowest BCUT2D eigenvalue weighted by Crippen LogP contribution is -2.28. The molecule has 5 nitrogen and oxygen atoms in total. The van der Waals surface area contributed by atoms with Gasteiger partial charge in [0.25, 0.3) is 5.91 Å². The van der Waals surface area contributed by atoms with Gasteiger partial charge in [-0.3, -0.25) is 9.79 Å². The quantitative estimate of drug-likeness (QED) is 0.835. The number of ether oxygens (including phenoxy) is 1. The number of carbonyl (C=O) groups is 1. The van der Waals surface area contributed by atoms with E-state index in [1.54, 1.807) is 11.8 Å². The molecule has 1 heterocycles. The third kappa shape index (κ3) is 4.19. The summed E-state index contributed by atoms with van der Waals surface area (Å²) in [5, 5.41) is 3.52. The summed E-state index contributed by atoms with van der Waals surface area (Å²) in [5.74, 6) is 1.59. The van der Waals surface area contributed by atoms with E-state index in [0.717, 1.165) is 29.2 Å². The van der Waals surface area contributed by atoms with Gasteiger partial charge in [0.15, 0.2) is 5.17 Å². The highest BCUT2D eigenvalue weighted by Crippen LogP contribution is 2.35. The van der Waals surface area contributed by atoms with E-state index in [1.165, 1.54) is 0 Å². The third-order valence-corrected chi connectivity index (χ3v) is 5.18. The van der Waals surface area contributed by atoms with Crippen molar-refractivity contribution in [1.29, 1.82) is 0 Å². The summed E-state index contributed by atoms with van der Waals surface area (Å²) in [6.45, 7) is 4.63. The van der Waals surface area contributed by atoms with Crippen LogP contribution in [0.2, 0.25) is 0 Å². The average Bonchev–Trinajstić information content (AvgIpc) is 2.63. The molecule has 0 radical (unpaired) electrons. The standard InChI is InChI=1S/C20H23N3O2S/c1-3-25-17-10-8-16(9-11-17)22-18(24)14-4-6-15(7-5-14)20(2)12-13-26-19(21)23-20/h4-11H,3,12-13H2,1-2H3,(H2,21,23)(H,22,24). The van der Waals surface area contributed by atoms with Crippen molar-refractivity contribution in [2.45, 2.75) is 25.8 Å². The van der Waals surface area contributed by atoms with Crippen molar-refractivity contribution in [3.8, 4) is 5.75 Å². The van der Waals surface area contributed by atoms with Crippen molar-refractivity contribution in [2.24, 2.45) is 10.7 Å². The van der Waals surface area contributed by atoms with Gasteiger partial charge in [-0.2, -0.15) is 0 Å². The molecule has 0 bridgehead atoms. The topological polar surface area (TPSA) is 76.7 Å². The molecular weight excluding hydrogens is 346 g/mol. The second kappa shape index (κ2) is 7.83. The number of nitrogens with zero attached hydrogens (tertiary/aromatic N) is 1. The summed E-state index contributed by atoms with van der Waals surface area (Å²) in [4.78, 5) is 17.0. The Labute approximate surface area is 158 Å². The van der Waals surface area contributed by atoms with Crippen molar-refractivity contribution in [1.82, 2.24) is 0 Å². The molecular formula is C20H23N3O2S. The van der Waals surface area contributed by atoms with Gasteiger partial charge in [0.2, 0.25) is 0 Å². The molecule has 26 heavy (non-hydrogen) atoms. The van der Waals surface area contributed by atoms with Gasteiger partial charge >= 0.3 is 0 Å². The zero-order valence-electron chi connectivity index (χ0n) is 15.0. The highest BCUT2D eigenvalue weighted by atomic mass is 32.2. The zero-order chi connectivity index (χ0) is 18.6. The maximum atomic E-state index is 12.5. The molecule has 0 spiro atoms. The number of nitrogens with two attached hydrogens (primary N) is 1. The molecule has 3 rings (SSSR count). The highest BCUT2D eigenvalue weighted by molar-refractivity contribution is 8.13. The first-order valence-corrected chi connectivity index (χ1v) is 9.61. The molecule has 1 aliphatic heterocycles. The van der Waals surface area contributed by atoms with Crippen LogP contribution in [0.15, 0.2) is 53.5 Å². The molecule has 6 heteroatoms. The van der Waals surface area contributed by atoms with E-state index in [1.807, 2.05) is 55.5 Å². The number of nitrogens with one attached hydrogen (secondary N) is 1. The molecule has 2 aromatic rings. The number of amidine groups is 1. The maximum Gasteiger partial charge on any atom is 0.255 e. The van der Waals surface area contributed by atoms with Crippen molar-refractivity contribution < 1.29 is 9.53 Å². The molecule has 1 unspecified atom stereocenters. The first-order chi connectivity index (χ1) is 12.5. The first-order valence-electron chi connectivity index (χ1n) is 8.63.